The van der Waals surface area contributed by atoms with Crippen molar-refractivity contribution in [2.24, 2.45) is 23.7 Å². The molecular formula is C22H15Br2Cl2NO4. The second kappa shape index (κ2) is 7.87. The van der Waals surface area contributed by atoms with E-state index in [1.54, 1.807) is 30.3 Å². The molecule has 0 aromatic heterocycles. The Labute approximate surface area is 205 Å². The van der Waals surface area contributed by atoms with Crippen LogP contribution in [0.1, 0.15) is 16.8 Å². The monoisotopic (exact) mass is 585 g/mol. The number of carbonyl (C=O) groups excluding carboxylic acids is 3. The van der Waals surface area contributed by atoms with Crippen LogP contribution < -0.4 is 9.64 Å². The van der Waals surface area contributed by atoms with Crippen LogP contribution in [0, 0.1) is 23.7 Å². The normalized spacial score (nSPS) is 31.3. The maximum Gasteiger partial charge on any atom is 0.345 e. The molecule has 5 nitrogen and oxygen atoms in total. The van der Waals surface area contributed by atoms with Crippen LogP contribution in [-0.2, 0) is 9.59 Å². The van der Waals surface area contributed by atoms with Gasteiger partial charge in [-0.15, -0.1) is 0 Å². The molecule has 5 rings (SSSR count). The van der Waals surface area contributed by atoms with Gasteiger partial charge in [-0.1, -0.05) is 55.1 Å². The lowest BCUT2D eigenvalue weighted by atomic mass is 9.81. The highest BCUT2D eigenvalue weighted by molar-refractivity contribution is 9.12. The minimum Gasteiger partial charge on any atom is -0.423 e. The average molecular weight is 588 g/mol. The molecule has 2 bridgehead atoms. The molecular weight excluding hydrogens is 573 g/mol. The number of ether oxygens (including phenoxy) is 1. The first kappa shape index (κ1) is 21.4. The molecule has 1 saturated heterocycles. The highest BCUT2D eigenvalue weighted by Gasteiger charge is 2.66. The summed E-state index contributed by atoms with van der Waals surface area (Å²) in [4.78, 5) is 40.3. The van der Waals surface area contributed by atoms with Gasteiger partial charge in [0.2, 0.25) is 11.8 Å². The van der Waals surface area contributed by atoms with Gasteiger partial charge < -0.3 is 4.74 Å². The van der Waals surface area contributed by atoms with Crippen LogP contribution in [0.15, 0.2) is 42.5 Å². The predicted octanol–water partition coefficient (Wildman–Crippen LogP) is 5.49. The minimum absolute atomic E-state index is 0.149. The lowest BCUT2D eigenvalue weighted by molar-refractivity contribution is -0.123. The van der Waals surface area contributed by atoms with Crippen molar-refractivity contribution in [2.75, 3.05) is 4.90 Å². The van der Waals surface area contributed by atoms with Crippen molar-refractivity contribution < 1.29 is 19.1 Å². The van der Waals surface area contributed by atoms with E-state index in [0.717, 1.165) is 6.42 Å². The SMILES string of the molecule is O=C(Oc1ccc(N2C(=O)[C@H]3[C@@H]4C[C@@H]([C@@H](Br)[C@H]4Br)[C@@H]3C2=O)cc1)c1ccc(Cl)cc1Cl. The van der Waals surface area contributed by atoms with Crippen LogP contribution in [0.3, 0.4) is 0 Å². The second-order valence-electron chi connectivity index (χ2n) is 8.02. The van der Waals surface area contributed by atoms with Gasteiger partial charge in [0, 0.05) is 14.7 Å². The number of amides is 2. The smallest absolute Gasteiger partial charge is 0.345 e. The molecule has 2 saturated carbocycles. The Hall–Kier alpha value is -1.41. The summed E-state index contributed by atoms with van der Waals surface area (Å²) in [6.45, 7) is 0. The standard InChI is InChI=1S/C22H15Br2Cl2NO4/c23-18-13-8-14(19(18)24)17-16(13)20(28)27(21(17)29)10-2-4-11(5-3-10)31-22(30)12-6-1-9(25)7-15(12)26/h1-7,13-14,16-19H,8H2/t13-,14+,16-,17-,18-,19+/m0/s1. The molecule has 0 spiro atoms. The Morgan fingerprint density at radius 1 is 0.935 bits per heavy atom. The van der Waals surface area contributed by atoms with E-state index in [1.807, 2.05) is 0 Å². The molecule has 3 fully saturated rings. The first-order valence-corrected chi connectivity index (χ1v) is 12.3. The largest absolute Gasteiger partial charge is 0.423 e. The Kier molecular flexibility index (Phi) is 5.44. The number of carbonyl (C=O) groups is 3. The van der Waals surface area contributed by atoms with E-state index in [9.17, 15) is 14.4 Å². The number of benzene rings is 2. The molecule has 3 aliphatic rings. The molecule has 160 valence electrons. The second-order valence-corrected chi connectivity index (χ2v) is 11.0. The van der Waals surface area contributed by atoms with Gasteiger partial charge in [0.15, 0.2) is 0 Å². The molecule has 2 aromatic carbocycles. The zero-order chi connectivity index (χ0) is 22.0. The molecule has 9 heteroatoms. The molecule has 0 unspecified atom stereocenters. The van der Waals surface area contributed by atoms with Crippen molar-refractivity contribution in [1.29, 1.82) is 0 Å². The van der Waals surface area contributed by atoms with Crippen molar-refractivity contribution in [1.82, 2.24) is 0 Å². The molecule has 2 amide bonds. The third kappa shape index (κ3) is 3.36. The Balaban J connectivity index is 1.34. The van der Waals surface area contributed by atoms with E-state index in [4.69, 9.17) is 27.9 Å². The first-order chi connectivity index (χ1) is 14.8. The van der Waals surface area contributed by atoms with Gasteiger partial charge in [-0.05, 0) is 60.7 Å². The Bertz CT molecular complexity index is 1080. The van der Waals surface area contributed by atoms with Crippen LogP contribution in [-0.4, -0.2) is 27.4 Å². The fourth-order valence-electron chi connectivity index (χ4n) is 5.08. The zero-order valence-corrected chi connectivity index (χ0v) is 20.5. The van der Waals surface area contributed by atoms with Gasteiger partial charge in [0.25, 0.3) is 0 Å². The van der Waals surface area contributed by atoms with Gasteiger partial charge >= 0.3 is 5.97 Å². The summed E-state index contributed by atoms with van der Waals surface area (Å²) in [5.41, 5.74) is 0.669. The third-order valence-corrected chi connectivity index (χ3v) is 10.2. The maximum atomic E-state index is 13.1. The molecule has 31 heavy (non-hydrogen) atoms. The van der Waals surface area contributed by atoms with Crippen LogP contribution in [0.25, 0.3) is 0 Å². The lowest BCUT2D eigenvalue weighted by Gasteiger charge is -2.28. The van der Waals surface area contributed by atoms with Crippen molar-refractivity contribution >= 4 is 78.5 Å². The number of alkyl halides is 2. The quantitative estimate of drug-likeness (QED) is 0.206. The highest BCUT2D eigenvalue weighted by atomic mass is 79.9. The predicted molar refractivity (Wildman–Crippen MR) is 124 cm³/mol. The fraction of sp³-hybridized carbons (Fsp3) is 0.318. The van der Waals surface area contributed by atoms with Crippen molar-refractivity contribution in [3.8, 4) is 5.75 Å². The van der Waals surface area contributed by atoms with Gasteiger partial charge in [-0.2, -0.15) is 0 Å². The number of anilines is 1. The van der Waals surface area contributed by atoms with E-state index in [-0.39, 0.29) is 61.5 Å². The van der Waals surface area contributed by atoms with Crippen molar-refractivity contribution in [2.45, 2.75) is 16.1 Å². The van der Waals surface area contributed by atoms with E-state index < -0.39 is 5.97 Å². The number of imide groups is 1. The summed E-state index contributed by atoms with van der Waals surface area (Å²) in [7, 11) is 0. The Morgan fingerprint density at radius 3 is 2.06 bits per heavy atom. The molecule has 0 radical (unpaired) electrons. The first-order valence-electron chi connectivity index (χ1n) is 9.71. The van der Waals surface area contributed by atoms with Crippen molar-refractivity contribution in [3.05, 3.63) is 58.1 Å². The number of hydrogen-bond acceptors (Lipinski definition) is 4. The fourth-order valence-corrected chi connectivity index (χ4v) is 7.44. The minimum atomic E-state index is -0.624. The molecule has 1 heterocycles. The van der Waals surface area contributed by atoms with E-state index in [2.05, 4.69) is 31.9 Å². The van der Waals surface area contributed by atoms with Crippen LogP contribution in [0.2, 0.25) is 10.0 Å². The summed E-state index contributed by atoms with van der Waals surface area (Å²) in [5, 5.41) is 0.611. The summed E-state index contributed by atoms with van der Waals surface area (Å²) < 4.78 is 5.37. The van der Waals surface area contributed by atoms with E-state index in [1.165, 1.54) is 17.0 Å². The number of nitrogens with zero attached hydrogens (tertiary/aromatic N) is 1. The average Bonchev–Trinajstić information content (AvgIpc) is 3.33. The topological polar surface area (TPSA) is 63.7 Å². The van der Waals surface area contributed by atoms with Crippen LogP contribution in [0.5, 0.6) is 5.75 Å². The zero-order valence-electron chi connectivity index (χ0n) is 15.8. The third-order valence-electron chi connectivity index (χ3n) is 6.44. The van der Waals surface area contributed by atoms with Crippen LogP contribution >= 0.6 is 55.1 Å². The molecule has 1 aliphatic heterocycles. The molecule has 0 N–H and O–H groups in total. The van der Waals surface area contributed by atoms with Gasteiger partial charge in [0.1, 0.15) is 5.75 Å². The van der Waals surface area contributed by atoms with Gasteiger partial charge in [-0.3, -0.25) is 14.5 Å². The van der Waals surface area contributed by atoms with Crippen LogP contribution in [0.4, 0.5) is 5.69 Å². The van der Waals surface area contributed by atoms with Gasteiger partial charge in [0.05, 0.1) is 28.1 Å². The number of fused-ring (bicyclic) bond motifs is 5. The summed E-state index contributed by atoms with van der Waals surface area (Å²) in [6.07, 6.45) is 0.884. The molecule has 2 aliphatic carbocycles. The lowest BCUT2D eigenvalue weighted by Crippen LogP contribution is -2.37. The number of hydrogen-bond donors (Lipinski definition) is 0. The maximum absolute atomic E-state index is 13.1. The number of esters is 1. The highest BCUT2D eigenvalue weighted by Crippen LogP contribution is 2.60. The summed E-state index contributed by atoms with van der Waals surface area (Å²) in [6, 6.07) is 10.8. The summed E-state index contributed by atoms with van der Waals surface area (Å²) >= 11 is 19.3. The molecule has 6 atom stereocenters. The van der Waals surface area contributed by atoms with Crippen molar-refractivity contribution in [3.63, 3.8) is 0 Å². The Morgan fingerprint density at radius 2 is 1.52 bits per heavy atom. The number of rotatable bonds is 3. The molecule has 2 aromatic rings. The summed E-state index contributed by atoms with van der Waals surface area (Å²) in [5.74, 6) is -0.885. The van der Waals surface area contributed by atoms with E-state index in [0.29, 0.717) is 10.7 Å². The van der Waals surface area contributed by atoms with E-state index >= 15 is 0 Å². The van der Waals surface area contributed by atoms with Gasteiger partial charge in [-0.25, -0.2) is 4.79 Å². The number of halogens is 4.